The summed E-state index contributed by atoms with van der Waals surface area (Å²) in [5.41, 5.74) is 13.7. The van der Waals surface area contributed by atoms with Crippen LogP contribution in [0.1, 0.15) is 22.3 Å². The van der Waals surface area contributed by atoms with Gasteiger partial charge in [0.15, 0.2) is 0 Å². The van der Waals surface area contributed by atoms with Gasteiger partial charge in [0, 0.05) is 56.8 Å². The van der Waals surface area contributed by atoms with Crippen molar-refractivity contribution in [3.05, 3.63) is 222 Å². The third kappa shape index (κ3) is 4.74. The summed E-state index contributed by atoms with van der Waals surface area (Å²) in [6, 6.07) is 74.9. The summed E-state index contributed by atoms with van der Waals surface area (Å²) in [5.74, 6) is 0. The predicted molar refractivity (Wildman–Crippen MR) is 254 cm³/mol. The molecule has 0 saturated carbocycles. The molecule has 0 fully saturated rings. The average Bonchev–Trinajstić information content (AvgIpc) is 3.96. The molecule has 11 aromatic rings. The Kier molecular flexibility index (Phi) is 7.27. The number of rotatable bonds is 4. The lowest BCUT2D eigenvalue weighted by Gasteiger charge is -2.40. The molecule has 2 aromatic heterocycles. The largest absolute Gasteiger partial charge is 0.309 e. The van der Waals surface area contributed by atoms with E-state index < -0.39 is 5.41 Å². The van der Waals surface area contributed by atoms with Crippen LogP contribution in [0.15, 0.2) is 210 Å². The van der Waals surface area contributed by atoms with Gasteiger partial charge in [-0.05, 0) is 99.1 Å². The summed E-state index contributed by atoms with van der Waals surface area (Å²) >= 11 is 5.67. The minimum Gasteiger partial charge on any atom is -0.309 e. The lowest BCUT2D eigenvalue weighted by molar-refractivity contribution is 0.722. The van der Waals surface area contributed by atoms with Crippen LogP contribution in [0, 0.1) is 0 Å². The topological polar surface area (TPSA) is 3.24 Å². The fraction of sp³-hybridized carbons (Fsp3) is 0.0182. The summed E-state index contributed by atoms with van der Waals surface area (Å²) in [4.78, 5) is 5.12. The molecule has 1 aliphatic carbocycles. The van der Waals surface area contributed by atoms with Crippen LogP contribution in [0.3, 0.4) is 0 Å². The molecule has 1 nitrogen and oxygen atoms in total. The number of fused-ring (bicyclic) bond motifs is 15. The zero-order valence-electron chi connectivity index (χ0n) is 31.7. The van der Waals surface area contributed by atoms with Crippen molar-refractivity contribution in [1.29, 1.82) is 0 Å². The molecule has 4 heteroatoms. The number of anilines is 3. The first kappa shape index (κ1) is 33.5. The Morgan fingerprint density at radius 3 is 1.83 bits per heavy atom. The predicted octanol–water partition coefficient (Wildman–Crippen LogP) is 16.4. The highest BCUT2D eigenvalue weighted by molar-refractivity contribution is 7.99. The smallest absolute Gasteiger partial charge is 0.0735 e. The van der Waals surface area contributed by atoms with Crippen LogP contribution >= 0.6 is 34.4 Å². The van der Waals surface area contributed by atoms with Gasteiger partial charge in [0.1, 0.15) is 0 Å². The van der Waals surface area contributed by atoms with Gasteiger partial charge in [-0.25, -0.2) is 0 Å². The minimum atomic E-state index is -0.415. The van der Waals surface area contributed by atoms with E-state index in [1.807, 2.05) is 34.4 Å². The van der Waals surface area contributed by atoms with E-state index in [0.717, 1.165) is 11.4 Å². The Bertz CT molecular complexity index is 3460. The van der Waals surface area contributed by atoms with E-state index in [2.05, 4.69) is 205 Å². The molecule has 0 amide bonds. The van der Waals surface area contributed by atoms with Crippen molar-refractivity contribution in [2.24, 2.45) is 0 Å². The molecule has 9 aromatic carbocycles. The van der Waals surface area contributed by atoms with E-state index in [4.69, 9.17) is 0 Å². The Hall–Kier alpha value is -6.43. The van der Waals surface area contributed by atoms with E-state index in [1.165, 1.54) is 100 Å². The Morgan fingerprint density at radius 2 is 0.983 bits per heavy atom. The minimum absolute atomic E-state index is 0.415. The van der Waals surface area contributed by atoms with Gasteiger partial charge < -0.3 is 4.90 Å². The zero-order valence-corrected chi connectivity index (χ0v) is 34.2. The van der Waals surface area contributed by atoms with Crippen LogP contribution in [-0.4, -0.2) is 0 Å². The molecule has 2 aliphatic rings. The monoisotopic (exact) mass is 803 g/mol. The maximum Gasteiger partial charge on any atom is 0.0735 e. The first-order chi connectivity index (χ1) is 29.3. The molecular formula is C55H33NS3. The Balaban J connectivity index is 1.08. The van der Waals surface area contributed by atoms with Gasteiger partial charge in [0.05, 0.1) is 15.8 Å². The van der Waals surface area contributed by atoms with Crippen molar-refractivity contribution in [2.45, 2.75) is 15.2 Å². The molecule has 59 heavy (non-hydrogen) atoms. The molecule has 1 spiro atoms. The van der Waals surface area contributed by atoms with E-state index in [0.29, 0.717) is 0 Å². The lowest BCUT2D eigenvalue weighted by atomic mass is 9.67. The van der Waals surface area contributed by atoms with Gasteiger partial charge in [0.25, 0.3) is 0 Å². The summed E-state index contributed by atoms with van der Waals surface area (Å²) in [6.45, 7) is 0. The molecule has 1 aliphatic heterocycles. The molecule has 0 saturated heterocycles. The molecule has 0 bridgehead atoms. The number of benzene rings is 9. The van der Waals surface area contributed by atoms with Gasteiger partial charge in [-0.15, -0.1) is 22.7 Å². The molecule has 0 radical (unpaired) electrons. The number of hydrogen-bond donors (Lipinski definition) is 0. The summed E-state index contributed by atoms with van der Waals surface area (Å²) in [5, 5.41) is 5.20. The van der Waals surface area contributed by atoms with Gasteiger partial charge in [-0.1, -0.05) is 157 Å². The van der Waals surface area contributed by atoms with Crippen molar-refractivity contribution >= 4 is 91.8 Å². The SMILES string of the molecule is c1ccc(-c2cccc3sc4ccc(N(c5ccc6c(c5)Sc5ccccc5C65c6ccccc6-c6ccccc65)c5cccc6c5sc5ccccc56)cc4c23)cc1. The average molecular weight is 804 g/mol. The molecule has 0 unspecified atom stereocenters. The van der Waals surface area contributed by atoms with E-state index in [1.54, 1.807) is 0 Å². The number of thiophene rings is 2. The quantitative estimate of drug-likeness (QED) is 0.174. The second kappa shape index (κ2) is 12.8. The summed E-state index contributed by atoms with van der Waals surface area (Å²) in [7, 11) is 0. The van der Waals surface area contributed by atoms with Crippen molar-refractivity contribution in [1.82, 2.24) is 0 Å². The fourth-order valence-corrected chi connectivity index (χ4v) is 13.7. The van der Waals surface area contributed by atoms with Crippen molar-refractivity contribution < 1.29 is 0 Å². The third-order valence-corrected chi connectivity index (χ3v) is 16.0. The molecule has 13 rings (SSSR count). The summed E-state index contributed by atoms with van der Waals surface area (Å²) < 4.78 is 5.20. The highest BCUT2D eigenvalue weighted by Crippen LogP contribution is 2.62. The van der Waals surface area contributed by atoms with Crippen LogP contribution in [0.5, 0.6) is 0 Å². The fourth-order valence-electron chi connectivity index (χ4n) is 10.1. The zero-order chi connectivity index (χ0) is 38.7. The Morgan fingerprint density at radius 1 is 0.373 bits per heavy atom. The molecule has 0 N–H and O–H groups in total. The third-order valence-electron chi connectivity index (χ3n) is 12.5. The highest BCUT2D eigenvalue weighted by atomic mass is 32.2. The van der Waals surface area contributed by atoms with Crippen LogP contribution in [0.25, 0.3) is 62.6 Å². The standard InChI is InChI=1S/C55H33NS3/c1-2-14-34(15-3-1)37-19-13-27-51-53(37)42-32-35(29-31-49(42)57-51)56(47-24-12-20-41-40-18-6-10-25-48(40)59-54(41)47)36-28-30-46-52(33-36)58-50-26-11-9-23-45(50)55(46)43-21-7-4-16-38(43)39-17-5-8-22-44(39)55/h1-33H. The van der Waals surface area contributed by atoms with Crippen LogP contribution < -0.4 is 4.90 Å². The first-order valence-corrected chi connectivity index (χ1v) is 22.5. The molecule has 3 heterocycles. The normalized spacial score (nSPS) is 13.5. The van der Waals surface area contributed by atoms with Gasteiger partial charge in [0.2, 0.25) is 0 Å². The second-order valence-corrected chi connectivity index (χ2v) is 18.8. The first-order valence-electron chi connectivity index (χ1n) is 20.1. The van der Waals surface area contributed by atoms with Gasteiger partial charge in [-0.3, -0.25) is 0 Å². The van der Waals surface area contributed by atoms with Gasteiger partial charge >= 0.3 is 0 Å². The van der Waals surface area contributed by atoms with Crippen LogP contribution in [-0.2, 0) is 5.41 Å². The maximum atomic E-state index is 2.52. The van der Waals surface area contributed by atoms with Crippen molar-refractivity contribution in [2.75, 3.05) is 4.90 Å². The number of nitrogens with zero attached hydrogens (tertiary/aromatic N) is 1. The van der Waals surface area contributed by atoms with Crippen LogP contribution in [0.2, 0.25) is 0 Å². The maximum absolute atomic E-state index is 2.52. The lowest BCUT2D eigenvalue weighted by Crippen LogP contribution is -2.32. The number of hydrogen-bond acceptors (Lipinski definition) is 4. The second-order valence-electron chi connectivity index (χ2n) is 15.5. The van der Waals surface area contributed by atoms with E-state index >= 15 is 0 Å². The summed E-state index contributed by atoms with van der Waals surface area (Å²) in [6.07, 6.45) is 0. The molecule has 276 valence electrons. The van der Waals surface area contributed by atoms with Crippen molar-refractivity contribution in [3.63, 3.8) is 0 Å². The van der Waals surface area contributed by atoms with E-state index in [9.17, 15) is 0 Å². The Labute approximate surface area is 354 Å². The van der Waals surface area contributed by atoms with E-state index in [-0.39, 0.29) is 0 Å². The van der Waals surface area contributed by atoms with Gasteiger partial charge in [-0.2, -0.15) is 0 Å². The van der Waals surface area contributed by atoms with Crippen LogP contribution in [0.4, 0.5) is 17.1 Å². The molecule has 0 atom stereocenters. The van der Waals surface area contributed by atoms with Crippen molar-refractivity contribution in [3.8, 4) is 22.3 Å². The molecular weight excluding hydrogens is 771 g/mol. The highest BCUT2D eigenvalue weighted by Gasteiger charge is 2.50.